The van der Waals surface area contributed by atoms with E-state index in [0.29, 0.717) is 22.1 Å². The Hall–Kier alpha value is -3.45. The number of ketones is 1. The molecule has 0 saturated carbocycles. The van der Waals surface area contributed by atoms with E-state index < -0.39 is 5.91 Å². The highest BCUT2D eigenvalue weighted by atomic mass is 35.5. The molecule has 7 nitrogen and oxygen atoms in total. The molecule has 0 radical (unpaired) electrons. The summed E-state index contributed by atoms with van der Waals surface area (Å²) < 4.78 is 18.4. The Bertz CT molecular complexity index is 1170. The van der Waals surface area contributed by atoms with Gasteiger partial charge < -0.3 is 24.5 Å². The van der Waals surface area contributed by atoms with Crippen molar-refractivity contribution in [1.82, 2.24) is 4.57 Å². The van der Waals surface area contributed by atoms with Crippen molar-refractivity contribution in [3.8, 4) is 22.9 Å². The van der Waals surface area contributed by atoms with Crippen molar-refractivity contribution in [2.45, 2.75) is 13.8 Å². The van der Waals surface area contributed by atoms with Crippen LogP contribution in [-0.4, -0.2) is 29.7 Å². The van der Waals surface area contributed by atoms with Crippen LogP contribution in [-0.2, 0) is 0 Å². The van der Waals surface area contributed by atoms with Crippen molar-refractivity contribution in [1.29, 1.82) is 0 Å². The van der Waals surface area contributed by atoms with Gasteiger partial charge in [-0.3, -0.25) is 9.59 Å². The molecule has 2 heterocycles. The van der Waals surface area contributed by atoms with Crippen molar-refractivity contribution in [3.63, 3.8) is 0 Å². The molecule has 2 N–H and O–H groups in total. The van der Waals surface area contributed by atoms with Gasteiger partial charge >= 0.3 is 0 Å². The van der Waals surface area contributed by atoms with Gasteiger partial charge in [-0.1, -0.05) is 11.6 Å². The zero-order valence-electron chi connectivity index (χ0n) is 16.4. The van der Waals surface area contributed by atoms with E-state index in [4.69, 9.17) is 31.5 Å². The Morgan fingerprint density at radius 3 is 2.60 bits per heavy atom. The second-order valence-corrected chi connectivity index (χ2v) is 7.31. The molecule has 30 heavy (non-hydrogen) atoms. The average Bonchev–Trinajstić information content (AvgIpc) is 3.29. The maximum atomic E-state index is 12.8. The van der Waals surface area contributed by atoms with E-state index >= 15 is 0 Å². The molecule has 1 aliphatic rings. The standard InChI is InChI=1S/C22H19ClN2O5/c1-12-7-16(13(2)25(12)15-4-6-20-21(9-15)30-11-29-20)18(26)10-28-19-5-3-14(23)8-17(19)22(24)27/h3-9H,10-11H2,1-2H3,(H2,24,27). The number of fused-ring (bicyclic) bond motifs is 1. The third-order valence-electron chi connectivity index (χ3n) is 4.91. The third-order valence-corrected chi connectivity index (χ3v) is 5.15. The SMILES string of the molecule is Cc1cc(C(=O)COc2ccc(Cl)cc2C(N)=O)c(C)n1-c1ccc2c(c1)OCO2. The van der Waals surface area contributed by atoms with Crippen molar-refractivity contribution >= 4 is 23.3 Å². The first-order chi connectivity index (χ1) is 14.3. The van der Waals surface area contributed by atoms with Crippen LogP contribution in [0.15, 0.2) is 42.5 Å². The number of carbonyl (C=O) groups is 2. The normalized spacial score (nSPS) is 12.1. The molecule has 4 rings (SSSR count). The van der Waals surface area contributed by atoms with Crippen molar-refractivity contribution < 1.29 is 23.8 Å². The molecular weight excluding hydrogens is 408 g/mol. The number of aromatic nitrogens is 1. The topological polar surface area (TPSA) is 92.8 Å². The number of benzene rings is 2. The monoisotopic (exact) mass is 426 g/mol. The number of nitrogens with two attached hydrogens (primary N) is 1. The molecule has 8 heteroatoms. The molecule has 0 bridgehead atoms. The van der Waals surface area contributed by atoms with Crippen LogP contribution in [0.4, 0.5) is 0 Å². The first kappa shape index (κ1) is 19.8. The molecule has 0 aliphatic carbocycles. The number of nitrogens with zero attached hydrogens (tertiary/aromatic N) is 1. The van der Waals surface area contributed by atoms with E-state index in [-0.39, 0.29) is 30.5 Å². The summed E-state index contributed by atoms with van der Waals surface area (Å²) in [6.45, 7) is 3.73. The van der Waals surface area contributed by atoms with Gasteiger partial charge in [-0.25, -0.2) is 0 Å². The summed E-state index contributed by atoms with van der Waals surface area (Å²) in [6.07, 6.45) is 0. The van der Waals surface area contributed by atoms with Gasteiger partial charge in [0.05, 0.1) is 5.56 Å². The second-order valence-electron chi connectivity index (χ2n) is 6.87. The zero-order valence-corrected chi connectivity index (χ0v) is 17.2. The Kier molecular flexibility index (Phi) is 5.13. The molecule has 0 atom stereocenters. The smallest absolute Gasteiger partial charge is 0.252 e. The molecular formula is C22H19ClN2O5. The number of Topliss-reactive ketones (excluding diaryl/α,β-unsaturated/α-hetero) is 1. The minimum absolute atomic E-state index is 0.126. The van der Waals surface area contributed by atoms with E-state index in [1.54, 1.807) is 6.07 Å². The molecule has 1 aliphatic heterocycles. The zero-order chi connectivity index (χ0) is 21.4. The number of aryl methyl sites for hydroxylation is 1. The summed E-state index contributed by atoms with van der Waals surface area (Å²) in [7, 11) is 0. The van der Waals surface area contributed by atoms with E-state index in [2.05, 4.69) is 0 Å². The highest BCUT2D eigenvalue weighted by Gasteiger charge is 2.20. The van der Waals surface area contributed by atoms with E-state index in [1.165, 1.54) is 12.1 Å². The Morgan fingerprint density at radius 1 is 1.07 bits per heavy atom. The highest BCUT2D eigenvalue weighted by molar-refractivity contribution is 6.31. The predicted octanol–water partition coefficient (Wildman–Crippen LogP) is 3.84. The Morgan fingerprint density at radius 2 is 1.83 bits per heavy atom. The van der Waals surface area contributed by atoms with Gasteiger partial charge in [0, 0.05) is 33.7 Å². The fraction of sp³-hybridized carbons (Fsp3) is 0.182. The molecule has 0 spiro atoms. The van der Waals surface area contributed by atoms with Crippen molar-refractivity contribution in [2.75, 3.05) is 13.4 Å². The van der Waals surface area contributed by atoms with Gasteiger partial charge in [-0.15, -0.1) is 0 Å². The highest BCUT2D eigenvalue weighted by Crippen LogP contribution is 2.35. The van der Waals surface area contributed by atoms with Gasteiger partial charge in [0.15, 0.2) is 18.1 Å². The van der Waals surface area contributed by atoms with E-state index in [9.17, 15) is 9.59 Å². The van der Waals surface area contributed by atoms with Gasteiger partial charge in [-0.05, 0) is 50.2 Å². The lowest BCUT2D eigenvalue weighted by Crippen LogP contribution is -2.17. The van der Waals surface area contributed by atoms with Crippen LogP contribution in [0.1, 0.15) is 32.1 Å². The average molecular weight is 427 g/mol. The number of rotatable bonds is 6. The number of ether oxygens (including phenoxy) is 3. The lowest BCUT2D eigenvalue weighted by Gasteiger charge is -2.11. The first-order valence-corrected chi connectivity index (χ1v) is 9.57. The number of hydrogen-bond acceptors (Lipinski definition) is 5. The Labute approximate surface area is 177 Å². The number of primary amides is 1. The maximum Gasteiger partial charge on any atom is 0.252 e. The quantitative estimate of drug-likeness (QED) is 0.604. The second kappa shape index (κ2) is 7.76. The number of halogens is 1. The van der Waals surface area contributed by atoms with Crippen LogP contribution in [0, 0.1) is 13.8 Å². The summed E-state index contributed by atoms with van der Waals surface area (Å²) >= 11 is 5.90. The van der Waals surface area contributed by atoms with Crippen LogP contribution in [0.3, 0.4) is 0 Å². The van der Waals surface area contributed by atoms with Crippen molar-refractivity contribution in [3.05, 3.63) is 70.0 Å². The fourth-order valence-electron chi connectivity index (χ4n) is 3.51. The predicted molar refractivity (Wildman–Crippen MR) is 111 cm³/mol. The van der Waals surface area contributed by atoms with Crippen LogP contribution in [0.2, 0.25) is 5.02 Å². The molecule has 0 fully saturated rings. The summed E-state index contributed by atoms with van der Waals surface area (Å²) in [5.41, 5.74) is 8.54. The molecule has 1 aromatic heterocycles. The lowest BCUT2D eigenvalue weighted by atomic mass is 10.1. The molecule has 1 amide bonds. The van der Waals surface area contributed by atoms with Crippen LogP contribution < -0.4 is 19.9 Å². The van der Waals surface area contributed by atoms with E-state index in [1.807, 2.05) is 42.7 Å². The number of hydrogen-bond donors (Lipinski definition) is 1. The molecule has 2 aromatic carbocycles. The molecule has 0 unspecified atom stereocenters. The maximum absolute atomic E-state index is 12.8. The lowest BCUT2D eigenvalue weighted by molar-refractivity contribution is 0.0911. The van der Waals surface area contributed by atoms with Gasteiger partial charge in [0.2, 0.25) is 12.6 Å². The van der Waals surface area contributed by atoms with Gasteiger partial charge in [0.1, 0.15) is 5.75 Å². The minimum Gasteiger partial charge on any atom is -0.485 e. The van der Waals surface area contributed by atoms with Crippen LogP contribution in [0.25, 0.3) is 5.69 Å². The van der Waals surface area contributed by atoms with Crippen LogP contribution >= 0.6 is 11.6 Å². The summed E-state index contributed by atoms with van der Waals surface area (Å²) in [5.74, 6) is 0.670. The molecule has 3 aromatic rings. The van der Waals surface area contributed by atoms with Crippen LogP contribution in [0.5, 0.6) is 17.2 Å². The summed E-state index contributed by atoms with van der Waals surface area (Å²) in [5, 5.41) is 0.356. The van der Waals surface area contributed by atoms with Gasteiger partial charge in [-0.2, -0.15) is 0 Å². The van der Waals surface area contributed by atoms with E-state index in [0.717, 1.165) is 17.1 Å². The third kappa shape index (κ3) is 3.59. The molecule has 0 saturated heterocycles. The molecule has 154 valence electrons. The number of amides is 1. The largest absolute Gasteiger partial charge is 0.485 e. The van der Waals surface area contributed by atoms with Gasteiger partial charge in [0.25, 0.3) is 5.91 Å². The Balaban J connectivity index is 1.58. The fourth-order valence-corrected chi connectivity index (χ4v) is 3.68. The minimum atomic E-state index is -0.680. The summed E-state index contributed by atoms with van der Waals surface area (Å²) in [6, 6.07) is 11.9. The number of carbonyl (C=O) groups excluding carboxylic acids is 2. The van der Waals surface area contributed by atoms with Crippen molar-refractivity contribution in [2.24, 2.45) is 5.73 Å². The first-order valence-electron chi connectivity index (χ1n) is 9.19. The summed E-state index contributed by atoms with van der Waals surface area (Å²) in [4.78, 5) is 24.5.